The van der Waals surface area contributed by atoms with Crippen molar-refractivity contribution < 1.29 is 4.79 Å². The van der Waals surface area contributed by atoms with Crippen LogP contribution in [-0.4, -0.2) is 11.1 Å². The monoisotopic (exact) mass is 186 g/mol. The Bertz CT molecular complexity index is 507. The molecule has 0 radical (unpaired) electrons. The third-order valence-corrected chi connectivity index (χ3v) is 2.33. The van der Waals surface area contributed by atoms with Crippen molar-refractivity contribution in [2.24, 2.45) is 4.99 Å². The number of carbonyl (C=O) groups excluding carboxylic acids is 1. The Morgan fingerprint density at radius 3 is 3.07 bits per heavy atom. The molecule has 0 aliphatic heterocycles. The lowest BCUT2D eigenvalue weighted by Crippen LogP contribution is -1.80. The molecule has 0 bridgehead atoms. The van der Waals surface area contributed by atoms with Crippen molar-refractivity contribution in [3.8, 4) is 0 Å². The summed E-state index contributed by atoms with van der Waals surface area (Å²) in [4.78, 5) is 16.9. The smallest absolute Gasteiger partial charge is 0.240 e. The molecule has 0 amide bonds. The van der Waals surface area contributed by atoms with Gasteiger partial charge in [0.25, 0.3) is 0 Å². The van der Waals surface area contributed by atoms with E-state index >= 15 is 0 Å². The van der Waals surface area contributed by atoms with E-state index in [1.165, 1.54) is 5.56 Å². The number of para-hydroxylation sites is 1. The summed E-state index contributed by atoms with van der Waals surface area (Å²) in [6.45, 7) is 2.10. The SMILES string of the molecule is CCc1cccc2c(N=C=O)c[nH]c12. The number of aromatic nitrogens is 1. The van der Waals surface area contributed by atoms with Gasteiger partial charge in [-0.1, -0.05) is 25.1 Å². The Hall–Kier alpha value is -1.86. The maximum absolute atomic E-state index is 10.2. The Kier molecular flexibility index (Phi) is 2.17. The highest BCUT2D eigenvalue weighted by molar-refractivity contribution is 5.93. The highest BCUT2D eigenvalue weighted by atomic mass is 16.1. The number of H-pyrrole nitrogens is 1. The minimum absolute atomic E-state index is 0.658. The average Bonchev–Trinajstić information content (AvgIpc) is 2.62. The minimum Gasteiger partial charge on any atom is -0.359 e. The Morgan fingerprint density at radius 2 is 2.36 bits per heavy atom. The fraction of sp³-hybridized carbons (Fsp3) is 0.182. The second-order valence-electron chi connectivity index (χ2n) is 3.07. The van der Waals surface area contributed by atoms with Gasteiger partial charge >= 0.3 is 0 Å². The van der Waals surface area contributed by atoms with Gasteiger partial charge in [0.1, 0.15) is 5.69 Å². The molecule has 3 heteroatoms. The zero-order chi connectivity index (χ0) is 9.97. The fourth-order valence-corrected chi connectivity index (χ4v) is 1.64. The molecule has 70 valence electrons. The molecule has 1 aromatic heterocycles. The summed E-state index contributed by atoms with van der Waals surface area (Å²) >= 11 is 0. The molecule has 1 heterocycles. The molecule has 1 N–H and O–H groups in total. The molecular weight excluding hydrogens is 176 g/mol. The van der Waals surface area contributed by atoms with Crippen LogP contribution in [0.5, 0.6) is 0 Å². The van der Waals surface area contributed by atoms with Crippen molar-refractivity contribution in [3.63, 3.8) is 0 Å². The van der Waals surface area contributed by atoms with Crippen LogP contribution < -0.4 is 0 Å². The summed E-state index contributed by atoms with van der Waals surface area (Å²) in [5.41, 5.74) is 2.95. The van der Waals surface area contributed by atoms with E-state index in [1.807, 2.05) is 12.1 Å². The summed E-state index contributed by atoms with van der Waals surface area (Å²) in [5, 5.41) is 0.979. The van der Waals surface area contributed by atoms with Gasteiger partial charge < -0.3 is 4.98 Å². The first-order chi connectivity index (χ1) is 6.86. The molecule has 2 rings (SSSR count). The topological polar surface area (TPSA) is 45.2 Å². The number of hydrogen-bond donors (Lipinski definition) is 1. The highest BCUT2D eigenvalue weighted by Gasteiger charge is 2.04. The lowest BCUT2D eigenvalue weighted by molar-refractivity contribution is 0.565. The molecule has 0 aliphatic carbocycles. The third-order valence-electron chi connectivity index (χ3n) is 2.33. The van der Waals surface area contributed by atoms with Crippen molar-refractivity contribution in [3.05, 3.63) is 30.0 Å². The van der Waals surface area contributed by atoms with Gasteiger partial charge in [0, 0.05) is 11.6 Å². The van der Waals surface area contributed by atoms with Crippen LogP contribution in [0.25, 0.3) is 10.9 Å². The van der Waals surface area contributed by atoms with Crippen LogP contribution in [0.1, 0.15) is 12.5 Å². The zero-order valence-electron chi connectivity index (χ0n) is 7.87. The van der Waals surface area contributed by atoms with Crippen LogP contribution in [0.4, 0.5) is 5.69 Å². The van der Waals surface area contributed by atoms with Gasteiger partial charge in [-0.2, -0.15) is 4.99 Å². The molecule has 0 atom stereocenters. The quantitative estimate of drug-likeness (QED) is 0.568. The largest absolute Gasteiger partial charge is 0.359 e. The first-order valence-corrected chi connectivity index (χ1v) is 4.53. The van der Waals surface area contributed by atoms with E-state index in [2.05, 4.69) is 23.0 Å². The summed E-state index contributed by atoms with van der Waals surface area (Å²) in [6, 6.07) is 5.98. The van der Waals surface area contributed by atoms with Crippen LogP contribution in [0.2, 0.25) is 0 Å². The van der Waals surface area contributed by atoms with Crippen LogP contribution >= 0.6 is 0 Å². The number of benzene rings is 1. The maximum Gasteiger partial charge on any atom is 0.240 e. The first-order valence-electron chi connectivity index (χ1n) is 4.53. The van der Waals surface area contributed by atoms with Crippen LogP contribution in [-0.2, 0) is 11.2 Å². The van der Waals surface area contributed by atoms with E-state index in [1.54, 1.807) is 12.3 Å². The molecule has 0 unspecified atom stereocenters. The van der Waals surface area contributed by atoms with Gasteiger partial charge in [-0.25, -0.2) is 4.79 Å². The molecule has 2 aromatic rings. The Balaban J connectivity index is 2.75. The summed E-state index contributed by atoms with van der Waals surface area (Å²) < 4.78 is 0. The number of hydrogen-bond acceptors (Lipinski definition) is 2. The number of isocyanates is 1. The highest BCUT2D eigenvalue weighted by Crippen LogP contribution is 2.27. The molecule has 14 heavy (non-hydrogen) atoms. The Morgan fingerprint density at radius 1 is 1.50 bits per heavy atom. The average molecular weight is 186 g/mol. The van der Waals surface area contributed by atoms with E-state index in [4.69, 9.17) is 0 Å². The molecule has 0 saturated heterocycles. The van der Waals surface area contributed by atoms with Gasteiger partial charge in [-0.3, -0.25) is 0 Å². The van der Waals surface area contributed by atoms with Crippen molar-refractivity contribution in [1.29, 1.82) is 0 Å². The predicted octanol–water partition coefficient (Wildman–Crippen LogP) is 2.70. The summed E-state index contributed by atoms with van der Waals surface area (Å²) in [5.74, 6) is 0. The molecule has 3 nitrogen and oxygen atoms in total. The predicted molar refractivity (Wildman–Crippen MR) is 55.5 cm³/mol. The van der Waals surface area contributed by atoms with Gasteiger partial charge in [-0.15, -0.1) is 0 Å². The van der Waals surface area contributed by atoms with E-state index < -0.39 is 0 Å². The normalized spacial score (nSPS) is 10.1. The number of aliphatic imine (C=N–C) groups is 1. The second-order valence-corrected chi connectivity index (χ2v) is 3.07. The van der Waals surface area contributed by atoms with Crippen molar-refractivity contribution in [2.75, 3.05) is 0 Å². The zero-order valence-corrected chi connectivity index (χ0v) is 7.87. The van der Waals surface area contributed by atoms with Gasteiger partial charge in [-0.05, 0) is 12.0 Å². The van der Waals surface area contributed by atoms with Crippen LogP contribution in [0.3, 0.4) is 0 Å². The third kappa shape index (κ3) is 1.24. The van der Waals surface area contributed by atoms with Crippen LogP contribution in [0.15, 0.2) is 29.4 Å². The lowest BCUT2D eigenvalue weighted by Gasteiger charge is -1.97. The Labute approximate surface area is 81.5 Å². The number of rotatable bonds is 2. The molecule has 0 saturated carbocycles. The number of fused-ring (bicyclic) bond motifs is 1. The van der Waals surface area contributed by atoms with Crippen molar-refractivity contribution in [2.45, 2.75) is 13.3 Å². The van der Waals surface area contributed by atoms with E-state index in [-0.39, 0.29) is 0 Å². The van der Waals surface area contributed by atoms with Gasteiger partial charge in [0.15, 0.2) is 0 Å². The van der Waals surface area contributed by atoms with E-state index in [0.29, 0.717) is 5.69 Å². The van der Waals surface area contributed by atoms with Crippen molar-refractivity contribution >= 4 is 22.7 Å². The lowest BCUT2D eigenvalue weighted by atomic mass is 10.1. The number of nitrogens with one attached hydrogen (secondary N) is 1. The number of aryl methyl sites for hydroxylation is 1. The molecule has 0 aliphatic rings. The summed E-state index contributed by atoms with van der Waals surface area (Å²) in [7, 11) is 0. The number of aromatic amines is 1. The summed E-state index contributed by atoms with van der Waals surface area (Å²) in [6.07, 6.45) is 4.25. The fourth-order valence-electron chi connectivity index (χ4n) is 1.64. The molecule has 1 aromatic carbocycles. The van der Waals surface area contributed by atoms with Crippen molar-refractivity contribution in [1.82, 2.24) is 4.98 Å². The standard InChI is InChI=1S/C11H10N2O/c1-2-8-4-3-5-9-10(13-7-14)6-12-11(8)9/h3-6,12H,2H2,1H3. The van der Waals surface area contributed by atoms with Gasteiger partial charge in [0.2, 0.25) is 6.08 Å². The molecule has 0 fully saturated rings. The maximum atomic E-state index is 10.2. The molecule has 0 spiro atoms. The van der Waals surface area contributed by atoms with E-state index in [0.717, 1.165) is 17.3 Å². The van der Waals surface area contributed by atoms with Crippen LogP contribution in [0, 0.1) is 0 Å². The second kappa shape index (κ2) is 3.48. The van der Waals surface area contributed by atoms with E-state index in [9.17, 15) is 4.79 Å². The number of nitrogens with zero attached hydrogens (tertiary/aromatic N) is 1. The molecular formula is C11H10N2O. The van der Waals surface area contributed by atoms with Gasteiger partial charge in [0.05, 0.1) is 5.52 Å². The minimum atomic E-state index is 0.658. The first kappa shape index (κ1) is 8.73.